The van der Waals surface area contributed by atoms with Crippen molar-refractivity contribution in [1.29, 1.82) is 0 Å². The molecule has 2 unspecified atom stereocenters. The van der Waals surface area contributed by atoms with Gasteiger partial charge in [0.2, 0.25) is 0 Å². The summed E-state index contributed by atoms with van der Waals surface area (Å²) >= 11 is 0. The fourth-order valence-corrected chi connectivity index (χ4v) is 3.11. The number of furan rings is 1. The van der Waals surface area contributed by atoms with E-state index in [-0.39, 0.29) is 11.7 Å². The fourth-order valence-electron chi connectivity index (χ4n) is 3.11. The van der Waals surface area contributed by atoms with Gasteiger partial charge in [-0.1, -0.05) is 0 Å². The first kappa shape index (κ1) is 15.9. The van der Waals surface area contributed by atoms with Crippen LogP contribution < -0.4 is 5.32 Å². The number of carboxylic acids is 1. The molecule has 2 N–H and O–H groups in total. The van der Waals surface area contributed by atoms with Crippen molar-refractivity contribution >= 4 is 12.1 Å². The van der Waals surface area contributed by atoms with Gasteiger partial charge in [-0.3, -0.25) is 0 Å². The predicted octanol–water partition coefficient (Wildman–Crippen LogP) is 1.93. The summed E-state index contributed by atoms with van der Waals surface area (Å²) in [5, 5.41) is 12.2. The van der Waals surface area contributed by atoms with Crippen molar-refractivity contribution in [3.63, 3.8) is 0 Å². The number of likely N-dealkylation sites (tertiary alicyclic amines) is 1. The maximum absolute atomic E-state index is 12.0. The SMILES string of the molecule is CC(C)(C)OC(=O)N1CC2C(C1)C2NCc1cc(C(=O)O)co1. The Labute approximate surface area is 134 Å². The van der Waals surface area contributed by atoms with Crippen LogP contribution in [0, 0.1) is 11.8 Å². The van der Waals surface area contributed by atoms with Crippen molar-refractivity contribution < 1.29 is 23.8 Å². The normalized spacial score (nSPS) is 26.0. The Balaban J connectivity index is 1.43. The molecule has 2 atom stereocenters. The maximum atomic E-state index is 12.0. The van der Waals surface area contributed by atoms with Crippen molar-refractivity contribution in [2.45, 2.75) is 39.0 Å². The van der Waals surface area contributed by atoms with Gasteiger partial charge in [0, 0.05) is 19.1 Å². The first-order valence-corrected chi connectivity index (χ1v) is 7.76. The molecule has 1 aliphatic carbocycles. The van der Waals surface area contributed by atoms with Crippen LogP contribution in [0.15, 0.2) is 16.7 Å². The number of ether oxygens (including phenoxy) is 1. The van der Waals surface area contributed by atoms with Crippen LogP contribution in [-0.2, 0) is 11.3 Å². The molecule has 1 aliphatic heterocycles. The lowest BCUT2D eigenvalue weighted by Crippen LogP contribution is -2.39. The average molecular weight is 322 g/mol. The molecule has 0 aromatic carbocycles. The number of hydrogen-bond acceptors (Lipinski definition) is 5. The minimum absolute atomic E-state index is 0.161. The summed E-state index contributed by atoms with van der Waals surface area (Å²) in [7, 11) is 0. The maximum Gasteiger partial charge on any atom is 0.410 e. The van der Waals surface area contributed by atoms with E-state index in [2.05, 4.69) is 5.32 Å². The molecule has 3 rings (SSSR count). The molecule has 1 amide bonds. The van der Waals surface area contributed by atoms with Gasteiger partial charge >= 0.3 is 12.1 Å². The zero-order valence-electron chi connectivity index (χ0n) is 13.5. The summed E-state index contributed by atoms with van der Waals surface area (Å²) in [6, 6.07) is 1.88. The molecule has 0 spiro atoms. The number of hydrogen-bond donors (Lipinski definition) is 2. The van der Waals surface area contributed by atoms with Gasteiger partial charge in [-0.15, -0.1) is 0 Å². The molecular weight excluding hydrogens is 300 g/mol. The van der Waals surface area contributed by atoms with Gasteiger partial charge in [-0.25, -0.2) is 9.59 Å². The molecule has 126 valence electrons. The van der Waals surface area contributed by atoms with Crippen LogP contribution in [0.5, 0.6) is 0 Å². The number of carbonyl (C=O) groups is 2. The number of nitrogens with one attached hydrogen (secondary N) is 1. The summed E-state index contributed by atoms with van der Waals surface area (Å²) in [5.74, 6) is 0.500. The van der Waals surface area contributed by atoms with Gasteiger partial charge in [-0.05, 0) is 38.7 Å². The molecule has 7 heteroatoms. The van der Waals surface area contributed by atoms with E-state index in [4.69, 9.17) is 14.3 Å². The molecule has 1 saturated heterocycles. The van der Waals surface area contributed by atoms with E-state index in [9.17, 15) is 9.59 Å². The summed E-state index contributed by atoms with van der Waals surface area (Å²) in [4.78, 5) is 24.5. The van der Waals surface area contributed by atoms with Crippen LogP contribution in [0.1, 0.15) is 36.9 Å². The highest BCUT2D eigenvalue weighted by molar-refractivity contribution is 5.87. The first-order valence-electron chi connectivity index (χ1n) is 7.76. The van der Waals surface area contributed by atoms with Crippen molar-refractivity contribution in [2.75, 3.05) is 13.1 Å². The molecule has 2 heterocycles. The number of amides is 1. The van der Waals surface area contributed by atoms with Crippen LogP contribution in [0.2, 0.25) is 0 Å². The second-order valence-corrected chi connectivity index (χ2v) is 7.23. The van der Waals surface area contributed by atoms with E-state index in [1.165, 1.54) is 12.3 Å². The minimum Gasteiger partial charge on any atom is -0.478 e. The Morgan fingerprint density at radius 3 is 2.57 bits per heavy atom. The van der Waals surface area contributed by atoms with Crippen molar-refractivity contribution in [2.24, 2.45) is 11.8 Å². The number of piperidine rings is 1. The Kier molecular flexibility index (Phi) is 3.83. The Morgan fingerprint density at radius 1 is 1.39 bits per heavy atom. The lowest BCUT2D eigenvalue weighted by Gasteiger charge is -2.26. The third-order valence-electron chi connectivity index (χ3n) is 4.26. The third-order valence-corrected chi connectivity index (χ3v) is 4.26. The van der Waals surface area contributed by atoms with E-state index < -0.39 is 11.6 Å². The monoisotopic (exact) mass is 322 g/mol. The third kappa shape index (κ3) is 3.50. The smallest absolute Gasteiger partial charge is 0.410 e. The highest BCUT2D eigenvalue weighted by Gasteiger charge is 2.56. The summed E-state index contributed by atoms with van der Waals surface area (Å²) in [5.41, 5.74) is -0.309. The van der Waals surface area contributed by atoms with Gasteiger partial charge in [-0.2, -0.15) is 0 Å². The van der Waals surface area contributed by atoms with Gasteiger partial charge < -0.3 is 24.5 Å². The van der Waals surface area contributed by atoms with Crippen molar-refractivity contribution in [1.82, 2.24) is 10.2 Å². The first-order chi connectivity index (χ1) is 10.7. The Morgan fingerprint density at radius 2 is 2.04 bits per heavy atom. The molecular formula is C16H22N2O5. The summed E-state index contributed by atoms with van der Waals surface area (Å²) in [6.07, 6.45) is 0.998. The zero-order chi connectivity index (χ0) is 16.8. The number of carbonyl (C=O) groups excluding carboxylic acids is 1. The predicted molar refractivity (Wildman–Crippen MR) is 81.1 cm³/mol. The van der Waals surface area contributed by atoms with Gasteiger partial charge in [0.05, 0.1) is 12.1 Å². The van der Waals surface area contributed by atoms with Gasteiger partial charge in [0.1, 0.15) is 17.6 Å². The largest absolute Gasteiger partial charge is 0.478 e. The molecule has 7 nitrogen and oxygen atoms in total. The van der Waals surface area contributed by atoms with Crippen LogP contribution in [0.4, 0.5) is 4.79 Å². The quantitative estimate of drug-likeness (QED) is 0.880. The molecule has 1 aromatic heterocycles. The van der Waals surface area contributed by atoms with E-state index in [0.29, 0.717) is 43.3 Å². The number of carboxylic acid groups (broad SMARTS) is 1. The van der Waals surface area contributed by atoms with Gasteiger partial charge in [0.25, 0.3) is 0 Å². The summed E-state index contributed by atoms with van der Waals surface area (Å²) in [6.45, 7) is 7.49. The number of rotatable bonds is 4. The lowest BCUT2D eigenvalue weighted by atomic mass is 10.2. The van der Waals surface area contributed by atoms with E-state index >= 15 is 0 Å². The Bertz CT molecular complexity index is 606. The average Bonchev–Trinajstić information content (AvgIpc) is 2.86. The number of aromatic carboxylic acids is 1. The molecule has 1 saturated carbocycles. The number of fused-ring (bicyclic) bond motifs is 1. The van der Waals surface area contributed by atoms with Crippen LogP contribution in [0.3, 0.4) is 0 Å². The molecule has 0 radical (unpaired) electrons. The highest BCUT2D eigenvalue weighted by atomic mass is 16.6. The van der Waals surface area contributed by atoms with Crippen LogP contribution >= 0.6 is 0 Å². The second-order valence-electron chi connectivity index (χ2n) is 7.23. The van der Waals surface area contributed by atoms with E-state index in [1.807, 2.05) is 20.8 Å². The van der Waals surface area contributed by atoms with Crippen LogP contribution in [0.25, 0.3) is 0 Å². The topological polar surface area (TPSA) is 92.0 Å². The van der Waals surface area contributed by atoms with E-state index in [1.54, 1.807) is 4.90 Å². The van der Waals surface area contributed by atoms with E-state index in [0.717, 1.165) is 0 Å². The second kappa shape index (κ2) is 5.56. The standard InChI is InChI=1S/C16H22N2O5/c1-16(2,3)23-15(21)18-6-11-12(7-18)13(11)17-5-10-4-9(8-22-10)14(19)20/h4,8,11-13,17H,5-7H2,1-3H3,(H,19,20). The molecule has 2 aliphatic rings. The highest BCUT2D eigenvalue weighted by Crippen LogP contribution is 2.45. The minimum atomic E-state index is -0.990. The lowest BCUT2D eigenvalue weighted by molar-refractivity contribution is 0.0269. The van der Waals surface area contributed by atoms with Gasteiger partial charge in [0.15, 0.2) is 0 Å². The molecule has 0 bridgehead atoms. The number of nitrogens with zero attached hydrogens (tertiary/aromatic N) is 1. The fraction of sp³-hybridized carbons (Fsp3) is 0.625. The zero-order valence-corrected chi connectivity index (χ0v) is 13.5. The van der Waals surface area contributed by atoms with Crippen molar-refractivity contribution in [3.8, 4) is 0 Å². The van der Waals surface area contributed by atoms with Crippen LogP contribution in [-0.4, -0.2) is 46.8 Å². The summed E-state index contributed by atoms with van der Waals surface area (Å²) < 4.78 is 10.6. The molecule has 23 heavy (non-hydrogen) atoms. The Hall–Kier alpha value is -2.02. The molecule has 1 aromatic rings. The molecule has 2 fully saturated rings. The van der Waals surface area contributed by atoms with Crippen molar-refractivity contribution in [3.05, 3.63) is 23.7 Å².